The third kappa shape index (κ3) is 3.93. The highest BCUT2D eigenvalue weighted by molar-refractivity contribution is 5.77. The number of amides is 1. The smallest absolute Gasteiger partial charge is 0.225 e. The van der Waals surface area contributed by atoms with E-state index in [9.17, 15) is 4.79 Å². The van der Waals surface area contributed by atoms with E-state index in [4.69, 9.17) is 0 Å². The van der Waals surface area contributed by atoms with Gasteiger partial charge in [0.15, 0.2) is 0 Å². The first-order chi connectivity index (χ1) is 12.0. The first-order valence-electron chi connectivity index (χ1n) is 9.01. The van der Waals surface area contributed by atoms with E-state index in [1.165, 1.54) is 5.56 Å². The molecule has 5 heteroatoms. The Morgan fingerprint density at radius 1 is 1.24 bits per heavy atom. The molecule has 134 valence electrons. The number of hydrogen-bond donors (Lipinski definition) is 0. The van der Waals surface area contributed by atoms with Gasteiger partial charge in [0.25, 0.3) is 0 Å². The first kappa shape index (κ1) is 17.7. The van der Waals surface area contributed by atoms with Crippen molar-refractivity contribution in [1.29, 1.82) is 0 Å². The fraction of sp³-hybridized carbons (Fsp3) is 0.500. The highest BCUT2D eigenvalue weighted by Gasteiger charge is 2.31. The lowest BCUT2D eigenvalue weighted by atomic mass is 10.0. The number of likely N-dealkylation sites (N-methyl/N-ethyl adjacent to an activating group) is 1. The molecular weight excluding hydrogens is 312 g/mol. The van der Waals surface area contributed by atoms with Crippen LogP contribution in [0.4, 0.5) is 0 Å². The molecule has 25 heavy (non-hydrogen) atoms. The van der Waals surface area contributed by atoms with E-state index in [0.717, 1.165) is 31.0 Å². The highest BCUT2D eigenvalue weighted by atomic mass is 16.2. The summed E-state index contributed by atoms with van der Waals surface area (Å²) < 4.78 is 1.97. The summed E-state index contributed by atoms with van der Waals surface area (Å²) >= 11 is 0. The monoisotopic (exact) mass is 340 g/mol. The van der Waals surface area contributed by atoms with Crippen molar-refractivity contribution in [3.8, 4) is 0 Å². The molecule has 1 aromatic heterocycles. The van der Waals surface area contributed by atoms with Gasteiger partial charge in [-0.3, -0.25) is 9.48 Å². The SMILES string of the molecule is Cc1cc(C)n([C@@H](C)CC(=O)N2CCN(C)C[C@H]2c2ccccc2)n1. The number of benzene rings is 1. The van der Waals surface area contributed by atoms with Crippen molar-refractivity contribution in [3.63, 3.8) is 0 Å². The van der Waals surface area contributed by atoms with Gasteiger partial charge in [-0.05, 0) is 39.4 Å². The van der Waals surface area contributed by atoms with Crippen LogP contribution in [-0.2, 0) is 4.79 Å². The van der Waals surface area contributed by atoms with E-state index in [1.54, 1.807) is 0 Å². The van der Waals surface area contributed by atoms with Crippen molar-refractivity contribution in [1.82, 2.24) is 19.6 Å². The Morgan fingerprint density at radius 2 is 1.96 bits per heavy atom. The molecule has 3 rings (SSSR count). The predicted octanol–water partition coefficient (Wildman–Crippen LogP) is 2.97. The molecule has 1 aliphatic heterocycles. The molecule has 1 amide bonds. The number of carbonyl (C=O) groups excluding carboxylic acids is 1. The summed E-state index contributed by atoms with van der Waals surface area (Å²) in [6, 6.07) is 12.6. The van der Waals surface area contributed by atoms with Crippen LogP contribution in [0.15, 0.2) is 36.4 Å². The number of hydrogen-bond acceptors (Lipinski definition) is 3. The van der Waals surface area contributed by atoms with Gasteiger partial charge in [-0.1, -0.05) is 30.3 Å². The number of rotatable bonds is 4. The number of piperazine rings is 1. The molecule has 0 aliphatic carbocycles. The largest absolute Gasteiger partial charge is 0.333 e. The maximum absolute atomic E-state index is 13.1. The van der Waals surface area contributed by atoms with Crippen LogP contribution in [-0.4, -0.2) is 52.2 Å². The molecule has 0 spiro atoms. The van der Waals surface area contributed by atoms with Gasteiger partial charge in [0, 0.05) is 31.7 Å². The molecule has 0 saturated carbocycles. The van der Waals surface area contributed by atoms with E-state index < -0.39 is 0 Å². The molecule has 2 heterocycles. The van der Waals surface area contributed by atoms with E-state index in [1.807, 2.05) is 36.7 Å². The minimum atomic E-state index is 0.0669. The zero-order valence-electron chi connectivity index (χ0n) is 15.6. The number of aromatic nitrogens is 2. The molecule has 0 radical (unpaired) electrons. The molecule has 5 nitrogen and oxygen atoms in total. The molecule has 1 aliphatic rings. The average Bonchev–Trinajstić information content (AvgIpc) is 2.94. The summed E-state index contributed by atoms with van der Waals surface area (Å²) in [5, 5.41) is 4.54. The van der Waals surface area contributed by atoms with Gasteiger partial charge in [-0.25, -0.2) is 0 Å². The van der Waals surface area contributed by atoms with Crippen LogP contribution in [0, 0.1) is 13.8 Å². The summed E-state index contributed by atoms with van der Waals surface area (Å²) in [7, 11) is 2.12. The Hall–Kier alpha value is -2.14. The Bertz CT molecular complexity index is 725. The zero-order chi connectivity index (χ0) is 18.0. The summed E-state index contributed by atoms with van der Waals surface area (Å²) in [5.41, 5.74) is 3.32. The lowest BCUT2D eigenvalue weighted by Gasteiger charge is -2.40. The Morgan fingerprint density at radius 3 is 2.60 bits per heavy atom. The van der Waals surface area contributed by atoms with Crippen LogP contribution in [0.2, 0.25) is 0 Å². The Balaban J connectivity index is 1.76. The van der Waals surface area contributed by atoms with Crippen molar-refractivity contribution < 1.29 is 4.79 Å². The third-order valence-electron chi connectivity index (χ3n) is 5.02. The fourth-order valence-corrected chi connectivity index (χ4v) is 3.73. The van der Waals surface area contributed by atoms with Gasteiger partial charge in [0.1, 0.15) is 0 Å². The van der Waals surface area contributed by atoms with Crippen molar-refractivity contribution in [3.05, 3.63) is 53.3 Å². The molecule has 1 fully saturated rings. The standard InChI is InChI=1S/C20H28N4O/c1-15-12-16(2)24(21-15)17(3)13-20(25)23-11-10-22(4)14-19(23)18-8-6-5-7-9-18/h5-9,12,17,19H,10-11,13-14H2,1-4H3/t17-,19-/m0/s1. The van der Waals surface area contributed by atoms with Gasteiger partial charge in [-0.15, -0.1) is 0 Å². The van der Waals surface area contributed by atoms with Crippen molar-refractivity contribution in [2.24, 2.45) is 0 Å². The van der Waals surface area contributed by atoms with Gasteiger partial charge < -0.3 is 9.80 Å². The van der Waals surface area contributed by atoms with Crippen LogP contribution >= 0.6 is 0 Å². The topological polar surface area (TPSA) is 41.4 Å². The number of nitrogens with zero attached hydrogens (tertiary/aromatic N) is 4. The number of aryl methyl sites for hydroxylation is 2. The predicted molar refractivity (Wildman–Crippen MR) is 99.4 cm³/mol. The average molecular weight is 340 g/mol. The van der Waals surface area contributed by atoms with Crippen LogP contribution in [0.3, 0.4) is 0 Å². The second-order valence-corrected chi connectivity index (χ2v) is 7.20. The minimum absolute atomic E-state index is 0.0669. The maximum Gasteiger partial charge on any atom is 0.225 e. The molecule has 0 N–H and O–H groups in total. The minimum Gasteiger partial charge on any atom is -0.333 e. The lowest BCUT2D eigenvalue weighted by Crippen LogP contribution is -2.49. The maximum atomic E-state index is 13.1. The third-order valence-corrected chi connectivity index (χ3v) is 5.02. The second-order valence-electron chi connectivity index (χ2n) is 7.20. The Kier molecular flexibility index (Phi) is 5.23. The van der Waals surface area contributed by atoms with Crippen LogP contribution in [0.5, 0.6) is 0 Å². The van der Waals surface area contributed by atoms with E-state index >= 15 is 0 Å². The van der Waals surface area contributed by atoms with Gasteiger partial charge in [0.05, 0.1) is 17.8 Å². The van der Waals surface area contributed by atoms with E-state index in [-0.39, 0.29) is 18.0 Å². The van der Waals surface area contributed by atoms with Gasteiger partial charge in [0.2, 0.25) is 5.91 Å². The van der Waals surface area contributed by atoms with Crippen molar-refractivity contribution in [2.45, 2.75) is 39.3 Å². The summed E-state index contributed by atoms with van der Waals surface area (Å²) in [6.45, 7) is 8.69. The van der Waals surface area contributed by atoms with Crippen LogP contribution in [0.1, 0.15) is 42.4 Å². The highest BCUT2D eigenvalue weighted by Crippen LogP contribution is 2.27. The quantitative estimate of drug-likeness (QED) is 0.859. The summed E-state index contributed by atoms with van der Waals surface area (Å²) in [4.78, 5) is 17.4. The summed E-state index contributed by atoms with van der Waals surface area (Å²) in [6.07, 6.45) is 0.481. The van der Waals surface area contributed by atoms with Gasteiger partial charge in [-0.2, -0.15) is 5.10 Å². The van der Waals surface area contributed by atoms with Crippen LogP contribution < -0.4 is 0 Å². The summed E-state index contributed by atoms with van der Waals surface area (Å²) in [5.74, 6) is 0.210. The Labute approximate surface area is 150 Å². The first-order valence-corrected chi connectivity index (χ1v) is 9.01. The zero-order valence-corrected chi connectivity index (χ0v) is 15.6. The van der Waals surface area contributed by atoms with Crippen LogP contribution in [0.25, 0.3) is 0 Å². The number of carbonyl (C=O) groups is 1. The van der Waals surface area contributed by atoms with Crippen molar-refractivity contribution in [2.75, 3.05) is 26.7 Å². The second kappa shape index (κ2) is 7.40. The molecule has 1 aromatic carbocycles. The molecule has 1 saturated heterocycles. The molecule has 2 aromatic rings. The van der Waals surface area contributed by atoms with E-state index in [2.05, 4.69) is 47.1 Å². The molecular formula is C20H28N4O. The normalized spacial score (nSPS) is 19.8. The lowest BCUT2D eigenvalue weighted by molar-refractivity contribution is -0.137. The molecule has 0 bridgehead atoms. The van der Waals surface area contributed by atoms with E-state index in [0.29, 0.717) is 6.42 Å². The molecule has 0 unspecified atom stereocenters. The molecule has 2 atom stereocenters. The fourth-order valence-electron chi connectivity index (χ4n) is 3.73. The van der Waals surface area contributed by atoms with Gasteiger partial charge >= 0.3 is 0 Å². The van der Waals surface area contributed by atoms with Crippen molar-refractivity contribution >= 4 is 5.91 Å².